The number of hydrogen-bond donors (Lipinski definition) is 1. The SMILES string of the molecule is O=C1N[C@@H](c2cccc([N+](=O)[O-])c2)CCO1. The number of nitro groups is 1. The second-order valence-electron chi connectivity index (χ2n) is 3.47. The molecule has 0 unspecified atom stereocenters. The predicted octanol–water partition coefficient (Wildman–Crippen LogP) is 1.77. The quantitative estimate of drug-likeness (QED) is 0.610. The van der Waals surface area contributed by atoms with E-state index in [1.54, 1.807) is 12.1 Å². The van der Waals surface area contributed by atoms with E-state index >= 15 is 0 Å². The molecule has 0 saturated carbocycles. The number of cyclic esters (lactones) is 1. The number of amides is 1. The highest BCUT2D eigenvalue weighted by molar-refractivity contribution is 5.68. The third kappa shape index (κ3) is 2.10. The number of nitrogens with zero attached hydrogens (tertiary/aromatic N) is 1. The number of carbonyl (C=O) groups excluding carboxylic acids is 1. The average Bonchev–Trinajstić information content (AvgIpc) is 2.29. The van der Waals surface area contributed by atoms with Crippen LogP contribution in [0.5, 0.6) is 0 Å². The van der Waals surface area contributed by atoms with E-state index < -0.39 is 11.0 Å². The average molecular weight is 222 g/mol. The van der Waals surface area contributed by atoms with Crippen LogP contribution in [0.3, 0.4) is 0 Å². The van der Waals surface area contributed by atoms with Crippen LogP contribution in [0.1, 0.15) is 18.0 Å². The summed E-state index contributed by atoms with van der Waals surface area (Å²) in [6, 6.07) is 6.04. The maximum absolute atomic E-state index is 11.0. The highest BCUT2D eigenvalue weighted by Gasteiger charge is 2.21. The van der Waals surface area contributed by atoms with Gasteiger partial charge in [-0.1, -0.05) is 12.1 Å². The van der Waals surface area contributed by atoms with E-state index in [4.69, 9.17) is 4.74 Å². The predicted molar refractivity (Wildman–Crippen MR) is 54.9 cm³/mol. The fourth-order valence-corrected chi connectivity index (χ4v) is 1.63. The van der Waals surface area contributed by atoms with E-state index in [0.717, 1.165) is 5.56 Å². The van der Waals surface area contributed by atoms with Gasteiger partial charge in [0.05, 0.1) is 17.6 Å². The van der Waals surface area contributed by atoms with E-state index in [-0.39, 0.29) is 11.7 Å². The number of non-ortho nitro benzene ring substituents is 1. The largest absolute Gasteiger partial charge is 0.449 e. The minimum absolute atomic E-state index is 0.0261. The third-order valence-electron chi connectivity index (χ3n) is 2.42. The normalized spacial score (nSPS) is 19.8. The lowest BCUT2D eigenvalue weighted by Crippen LogP contribution is -2.35. The van der Waals surface area contributed by atoms with Gasteiger partial charge in [-0.05, 0) is 5.56 Å². The molecule has 16 heavy (non-hydrogen) atoms. The number of nitrogens with one attached hydrogen (secondary N) is 1. The number of hydrogen-bond acceptors (Lipinski definition) is 4. The van der Waals surface area contributed by atoms with E-state index in [1.807, 2.05) is 0 Å². The lowest BCUT2D eigenvalue weighted by molar-refractivity contribution is -0.384. The number of nitro benzene ring substituents is 1. The molecule has 6 nitrogen and oxygen atoms in total. The first-order valence-electron chi connectivity index (χ1n) is 4.84. The molecule has 84 valence electrons. The molecule has 1 aromatic rings. The molecule has 1 N–H and O–H groups in total. The highest BCUT2D eigenvalue weighted by atomic mass is 16.6. The Balaban J connectivity index is 2.22. The van der Waals surface area contributed by atoms with Crippen LogP contribution in [-0.2, 0) is 4.74 Å². The van der Waals surface area contributed by atoms with Crippen LogP contribution in [-0.4, -0.2) is 17.6 Å². The molecule has 0 aromatic heterocycles. The smallest absolute Gasteiger partial charge is 0.407 e. The lowest BCUT2D eigenvalue weighted by Gasteiger charge is -2.23. The lowest BCUT2D eigenvalue weighted by atomic mass is 10.0. The maximum Gasteiger partial charge on any atom is 0.407 e. The molecule has 1 fully saturated rings. The molecule has 1 aliphatic heterocycles. The summed E-state index contributed by atoms with van der Waals surface area (Å²) in [6.45, 7) is 0.333. The summed E-state index contributed by atoms with van der Waals surface area (Å²) >= 11 is 0. The van der Waals surface area contributed by atoms with Crippen molar-refractivity contribution in [1.82, 2.24) is 5.32 Å². The van der Waals surface area contributed by atoms with Crippen molar-refractivity contribution in [3.8, 4) is 0 Å². The zero-order chi connectivity index (χ0) is 11.5. The second-order valence-corrected chi connectivity index (χ2v) is 3.47. The third-order valence-corrected chi connectivity index (χ3v) is 2.42. The second kappa shape index (κ2) is 4.18. The number of alkyl carbamates (subject to hydrolysis) is 1. The number of carbonyl (C=O) groups is 1. The van der Waals surface area contributed by atoms with E-state index in [1.165, 1.54) is 12.1 Å². The first kappa shape index (κ1) is 10.4. The first-order valence-corrected chi connectivity index (χ1v) is 4.84. The summed E-state index contributed by atoms with van der Waals surface area (Å²) in [5, 5.41) is 13.2. The van der Waals surface area contributed by atoms with Crippen LogP contribution in [0.15, 0.2) is 24.3 Å². The summed E-state index contributed by atoms with van der Waals surface area (Å²) in [5.41, 5.74) is 0.754. The summed E-state index contributed by atoms with van der Waals surface area (Å²) in [4.78, 5) is 21.1. The topological polar surface area (TPSA) is 81.5 Å². The first-order chi connectivity index (χ1) is 7.66. The minimum Gasteiger partial charge on any atom is -0.449 e. The molecule has 1 amide bonds. The van der Waals surface area contributed by atoms with Gasteiger partial charge in [-0.2, -0.15) is 0 Å². The van der Waals surface area contributed by atoms with Crippen LogP contribution in [0, 0.1) is 10.1 Å². The van der Waals surface area contributed by atoms with Crippen LogP contribution in [0.25, 0.3) is 0 Å². The molecule has 6 heteroatoms. The standard InChI is InChI=1S/C10H10N2O4/c13-10-11-9(4-5-16-10)7-2-1-3-8(6-7)12(14)15/h1-3,6,9H,4-5H2,(H,11,13)/t9-/m1/s1. The molecule has 1 saturated heterocycles. The molecule has 1 heterocycles. The van der Waals surface area contributed by atoms with Crippen molar-refractivity contribution in [2.24, 2.45) is 0 Å². The molecule has 0 radical (unpaired) electrons. The van der Waals surface area contributed by atoms with Crippen molar-refractivity contribution in [3.63, 3.8) is 0 Å². The Labute approximate surface area is 91.4 Å². The van der Waals surface area contributed by atoms with Gasteiger partial charge in [0.2, 0.25) is 0 Å². The van der Waals surface area contributed by atoms with Gasteiger partial charge >= 0.3 is 6.09 Å². The van der Waals surface area contributed by atoms with Gasteiger partial charge in [0.25, 0.3) is 5.69 Å². The van der Waals surface area contributed by atoms with Gasteiger partial charge in [0.15, 0.2) is 0 Å². The summed E-state index contributed by atoms with van der Waals surface area (Å²) in [6.07, 6.45) is 0.134. The van der Waals surface area contributed by atoms with Crippen LogP contribution < -0.4 is 5.32 Å². The molecular weight excluding hydrogens is 212 g/mol. The molecule has 1 aliphatic rings. The number of rotatable bonds is 2. The summed E-state index contributed by atoms with van der Waals surface area (Å²) < 4.78 is 4.72. The molecule has 1 atom stereocenters. The van der Waals surface area contributed by atoms with Crippen molar-refractivity contribution >= 4 is 11.8 Å². The Kier molecular flexibility index (Phi) is 2.72. The van der Waals surface area contributed by atoms with Gasteiger partial charge in [-0.3, -0.25) is 10.1 Å². The van der Waals surface area contributed by atoms with Crippen molar-refractivity contribution in [1.29, 1.82) is 0 Å². The van der Waals surface area contributed by atoms with Crippen molar-refractivity contribution < 1.29 is 14.5 Å². The summed E-state index contributed by atoms with van der Waals surface area (Å²) in [7, 11) is 0. The molecule has 1 aromatic carbocycles. The Bertz CT molecular complexity index is 433. The van der Waals surface area contributed by atoms with E-state index in [2.05, 4.69) is 5.32 Å². The van der Waals surface area contributed by atoms with Gasteiger partial charge in [-0.25, -0.2) is 4.79 Å². The Morgan fingerprint density at radius 1 is 1.50 bits per heavy atom. The highest BCUT2D eigenvalue weighted by Crippen LogP contribution is 2.23. The van der Waals surface area contributed by atoms with Crippen molar-refractivity contribution in [3.05, 3.63) is 39.9 Å². The fraction of sp³-hybridized carbons (Fsp3) is 0.300. The Morgan fingerprint density at radius 2 is 2.31 bits per heavy atom. The van der Waals surface area contributed by atoms with Crippen LogP contribution in [0.4, 0.5) is 10.5 Å². The number of benzene rings is 1. The molecule has 0 spiro atoms. The monoisotopic (exact) mass is 222 g/mol. The number of ether oxygens (including phenoxy) is 1. The maximum atomic E-state index is 11.0. The molecule has 2 rings (SSSR count). The Morgan fingerprint density at radius 3 is 3.00 bits per heavy atom. The van der Waals surface area contributed by atoms with Gasteiger partial charge in [0.1, 0.15) is 0 Å². The van der Waals surface area contributed by atoms with Crippen LogP contribution in [0.2, 0.25) is 0 Å². The molecule has 0 aliphatic carbocycles. The van der Waals surface area contributed by atoms with Crippen molar-refractivity contribution in [2.45, 2.75) is 12.5 Å². The van der Waals surface area contributed by atoms with Crippen molar-refractivity contribution in [2.75, 3.05) is 6.61 Å². The minimum atomic E-state index is -0.484. The van der Waals surface area contributed by atoms with E-state index in [9.17, 15) is 14.9 Å². The van der Waals surface area contributed by atoms with E-state index in [0.29, 0.717) is 13.0 Å². The molecule has 0 bridgehead atoms. The van der Waals surface area contributed by atoms with Gasteiger partial charge in [0, 0.05) is 18.6 Å². The fourth-order valence-electron chi connectivity index (χ4n) is 1.63. The molecular formula is C10H10N2O4. The van der Waals surface area contributed by atoms with Gasteiger partial charge in [-0.15, -0.1) is 0 Å². The van der Waals surface area contributed by atoms with Crippen LogP contribution >= 0.6 is 0 Å². The van der Waals surface area contributed by atoms with Gasteiger partial charge < -0.3 is 10.1 Å². The zero-order valence-electron chi connectivity index (χ0n) is 8.38. The summed E-state index contributed by atoms with van der Waals surface area (Å²) in [5.74, 6) is 0. The Hall–Kier alpha value is -2.11. The zero-order valence-corrected chi connectivity index (χ0v) is 8.38.